The van der Waals surface area contributed by atoms with Crippen LogP contribution in [0.1, 0.15) is 51.6 Å². The van der Waals surface area contributed by atoms with Crippen molar-refractivity contribution in [2.75, 3.05) is 7.11 Å². The first kappa shape index (κ1) is 15.2. The summed E-state index contributed by atoms with van der Waals surface area (Å²) < 4.78 is 11.6. The van der Waals surface area contributed by atoms with Gasteiger partial charge in [-0.2, -0.15) is 0 Å². The van der Waals surface area contributed by atoms with Gasteiger partial charge in [-0.3, -0.25) is 0 Å². The van der Waals surface area contributed by atoms with E-state index in [0.29, 0.717) is 6.10 Å². The number of rotatable bonds is 4. The van der Waals surface area contributed by atoms with E-state index in [2.05, 4.69) is 13.8 Å². The third-order valence-electron chi connectivity index (χ3n) is 4.14. The van der Waals surface area contributed by atoms with E-state index in [1.165, 1.54) is 6.42 Å². The first-order valence-corrected chi connectivity index (χ1v) is 7.59. The zero-order valence-electron chi connectivity index (χ0n) is 13.1. The molecule has 1 aliphatic carbocycles. The van der Waals surface area contributed by atoms with Crippen molar-refractivity contribution in [2.45, 2.75) is 52.2 Å². The van der Waals surface area contributed by atoms with Crippen LogP contribution < -0.4 is 15.2 Å². The van der Waals surface area contributed by atoms with Gasteiger partial charge >= 0.3 is 0 Å². The Bertz CT molecular complexity index is 435. The minimum atomic E-state index is -0.0330. The van der Waals surface area contributed by atoms with Crippen molar-refractivity contribution >= 4 is 0 Å². The Morgan fingerprint density at radius 3 is 2.35 bits per heavy atom. The van der Waals surface area contributed by atoms with Crippen molar-refractivity contribution in [2.24, 2.45) is 17.6 Å². The van der Waals surface area contributed by atoms with E-state index in [0.717, 1.165) is 41.7 Å². The highest BCUT2D eigenvalue weighted by Crippen LogP contribution is 2.35. The van der Waals surface area contributed by atoms with Gasteiger partial charge in [0.1, 0.15) is 11.5 Å². The molecule has 2 N–H and O–H groups in total. The molecule has 0 heterocycles. The van der Waals surface area contributed by atoms with Gasteiger partial charge in [-0.15, -0.1) is 0 Å². The van der Waals surface area contributed by atoms with E-state index in [1.54, 1.807) is 7.11 Å². The Labute approximate surface area is 122 Å². The highest BCUT2D eigenvalue weighted by Gasteiger charge is 2.26. The molecule has 20 heavy (non-hydrogen) atoms. The zero-order chi connectivity index (χ0) is 14.7. The fraction of sp³-hybridized carbons (Fsp3) is 0.647. The minimum Gasteiger partial charge on any atom is -0.497 e. The monoisotopic (exact) mass is 277 g/mol. The molecule has 1 aromatic carbocycles. The van der Waals surface area contributed by atoms with E-state index in [4.69, 9.17) is 15.2 Å². The van der Waals surface area contributed by atoms with Crippen molar-refractivity contribution in [3.63, 3.8) is 0 Å². The van der Waals surface area contributed by atoms with E-state index in [-0.39, 0.29) is 6.04 Å². The molecule has 0 bridgehead atoms. The molecule has 0 saturated heterocycles. The molecular formula is C17H27NO2. The van der Waals surface area contributed by atoms with Crippen LogP contribution in [-0.2, 0) is 0 Å². The van der Waals surface area contributed by atoms with Crippen molar-refractivity contribution in [3.8, 4) is 11.5 Å². The second-order valence-electron chi connectivity index (χ2n) is 6.35. The van der Waals surface area contributed by atoms with Gasteiger partial charge in [0, 0.05) is 17.7 Å². The molecule has 1 aromatic rings. The summed E-state index contributed by atoms with van der Waals surface area (Å²) in [5.74, 6) is 3.16. The predicted octanol–water partition coefficient (Wildman–Crippen LogP) is 3.92. The second kappa shape index (κ2) is 6.49. The molecule has 0 spiro atoms. The molecule has 0 amide bonds. The molecule has 1 saturated carbocycles. The summed E-state index contributed by atoms with van der Waals surface area (Å²) in [5, 5.41) is 0. The molecule has 0 aromatic heterocycles. The summed E-state index contributed by atoms with van der Waals surface area (Å²) in [4.78, 5) is 0. The highest BCUT2D eigenvalue weighted by molar-refractivity contribution is 5.42. The van der Waals surface area contributed by atoms with Crippen LogP contribution in [0.15, 0.2) is 18.2 Å². The molecule has 3 nitrogen and oxygen atoms in total. The Morgan fingerprint density at radius 2 is 1.80 bits per heavy atom. The number of methoxy groups -OCH3 is 1. The maximum atomic E-state index is 6.27. The summed E-state index contributed by atoms with van der Waals surface area (Å²) in [6, 6.07) is 5.88. The molecule has 3 unspecified atom stereocenters. The van der Waals surface area contributed by atoms with Crippen molar-refractivity contribution in [1.82, 2.24) is 0 Å². The van der Waals surface area contributed by atoms with Crippen LogP contribution in [0.4, 0.5) is 0 Å². The maximum Gasteiger partial charge on any atom is 0.128 e. The van der Waals surface area contributed by atoms with Crippen LogP contribution >= 0.6 is 0 Å². The minimum absolute atomic E-state index is 0.0330. The van der Waals surface area contributed by atoms with Gasteiger partial charge in [-0.05, 0) is 44.1 Å². The van der Waals surface area contributed by atoms with Gasteiger partial charge in [0.25, 0.3) is 0 Å². The molecule has 2 rings (SSSR count). The molecule has 0 radical (unpaired) electrons. The van der Waals surface area contributed by atoms with Crippen molar-refractivity contribution < 1.29 is 9.47 Å². The fourth-order valence-electron chi connectivity index (χ4n) is 3.27. The van der Waals surface area contributed by atoms with Crippen LogP contribution in [0.2, 0.25) is 0 Å². The van der Waals surface area contributed by atoms with Crippen molar-refractivity contribution in [1.29, 1.82) is 0 Å². The van der Waals surface area contributed by atoms with Crippen LogP contribution in [0, 0.1) is 11.8 Å². The molecule has 112 valence electrons. The lowest BCUT2D eigenvalue weighted by molar-refractivity contribution is 0.0995. The first-order valence-electron chi connectivity index (χ1n) is 7.59. The van der Waals surface area contributed by atoms with Gasteiger partial charge in [0.2, 0.25) is 0 Å². The summed E-state index contributed by atoms with van der Waals surface area (Å²) >= 11 is 0. The first-order chi connectivity index (χ1) is 9.49. The summed E-state index contributed by atoms with van der Waals surface area (Å²) in [6.45, 7) is 6.61. The number of ether oxygens (including phenoxy) is 2. The zero-order valence-corrected chi connectivity index (χ0v) is 13.1. The van der Waals surface area contributed by atoms with Crippen LogP contribution in [-0.4, -0.2) is 13.2 Å². The molecule has 1 aliphatic rings. The number of hydrogen-bond donors (Lipinski definition) is 1. The average Bonchev–Trinajstić information content (AvgIpc) is 2.37. The molecule has 3 atom stereocenters. The number of nitrogens with two attached hydrogens (primary N) is 1. The Kier molecular flexibility index (Phi) is 4.92. The standard InChI is InChI=1S/C17H27NO2/c1-11-7-12(2)9-15(8-11)20-17-10-14(19-4)5-6-16(17)13(3)18/h5-6,10-13,15H,7-9,18H2,1-4H3. The molecule has 1 fully saturated rings. The topological polar surface area (TPSA) is 44.5 Å². The summed E-state index contributed by atoms with van der Waals surface area (Å²) in [7, 11) is 1.68. The lowest BCUT2D eigenvalue weighted by Crippen LogP contribution is -2.29. The van der Waals surface area contributed by atoms with E-state index in [9.17, 15) is 0 Å². The third kappa shape index (κ3) is 3.66. The smallest absolute Gasteiger partial charge is 0.128 e. The van der Waals surface area contributed by atoms with Crippen molar-refractivity contribution in [3.05, 3.63) is 23.8 Å². The molecular weight excluding hydrogens is 250 g/mol. The van der Waals surface area contributed by atoms with Gasteiger partial charge in [0.15, 0.2) is 0 Å². The normalized spacial score (nSPS) is 27.9. The average molecular weight is 277 g/mol. The fourth-order valence-corrected chi connectivity index (χ4v) is 3.27. The Balaban J connectivity index is 2.18. The maximum absolute atomic E-state index is 6.27. The summed E-state index contributed by atoms with van der Waals surface area (Å²) in [6.07, 6.45) is 3.84. The van der Waals surface area contributed by atoms with Crippen LogP contribution in [0.5, 0.6) is 11.5 Å². The summed E-state index contributed by atoms with van der Waals surface area (Å²) in [5.41, 5.74) is 7.10. The molecule has 0 aliphatic heterocycles. The largest absolute Gasteiger partial charge is 0.497 e. The predicted molar refractivity (Wildman–Crippen MR) is 82.2 cm³/mol. The van der Waals surface area contributed by atoms with Gasteiger partial charge < -0.3 is 15.2 Å². The van der Waals surface area contributed by atoms with E-state index in [1.807, 2.05) is 25.1 Å². The molecule has 3 heteroatoms. The quantitative estimate of drug-likeness (QED) is 0.907. The SMILES string of the molecule is COc1ccc(C(C)N)c(OC2CC(C)CC(C)C2)c1. The number of benzene rings is 1. The highest BCUT2D eigenvalue weighted by atomic mass is 16.5. The Morgan fingerprint density at radius 1 is 1.15 bits per heavy atom. The second-order valence-corrected chi connectivity index (χ2v) is 6.35. The van der Waals surface area contributed by atoms with Crippen LogP contribution in [0.3, 0.4) is 0 Å². The number of hydrogen-bond acceptors (Lipinski definition) is 3. The van der Waals surface area contributed by atoms with Crippen LogP contribution in [0.25, 0.3) is 0 Å². The van der Waals surface area contributed by atoms with Gasteiger partial charge in [-0.25, -0.2) is 0 Å². The van der Waals surface area contributed by atoms with Gasteiger partial charge in [0.05, 0.1) is 13.2 Å². The van der Waals surface area contributed by atoms with Gasteiger partial charge in [-0.1, -0.05) is 19.9 Å². The van der Waals surface area contributed by atoms with E-state index >= 15 is 0 Å². The van der Waals surface area contributed by atoms with E-state index < -0.39 is 0 Å². The lowest BCUT2D eigenvalue weighted by atomic mass is 9.82. The lowest BCUT2D eigenvalue weighted by Gasteiger charge is -2.32. The Hall–Kier alpha value is -1.22. The third-order valence-corrected chi connectivity index (χ3v) is 4.14.